The minimum atomic E-state index is -0.652. The Morgan fingerprint density at radius 3 is 2.71 bits per heavy atom. The lowest BCUT2D eigenvalue weighted by Gasteiger charge is -2.04. The van der Waals surface area contributed by atoms with Gasteiger partial charge in [-0.25, -0.2) is 13.9 Å². The van der Waals surface area contributed by atoms with Crippen LogP contribution in [0, 0.1) is 5.82 Å². The molecule has 0 saturated carbocycles. The van der Waals surface area contributed by atoms with Gasteiger partial charge in [0.25, 0.3) is 0 Å². The maximum Gasteiger partial charge on any atom is 0.361 e. The van der Waals surface area contributed by atoms with Crippen molar-refractivity contribution < 1.29 is 13.9 Å². The summed E-state index contributed by atoms with van der Waals surface area (Å²) in [5, 5.41) is 17.8. The van der Waals surface area contributed by atoms with Gasteiger partial charge in [-0.1, -0.05) is 5.21 Å². The second kappa shape index (κ2) is 5.12. The van der Waals surface area contributed by atoms with Gasteiger partial charge in [0.2, 0.25) is 5.69 Å². The van der Waals surface area contributed by atoms with Crippen LogP contribution in [0.25, 0.3) is 17.1 Å². The fourth-order valence-corrected chi connectivity index (χ4v) is 1.82. The van der Waals surface area contributed by atoms with E-state index in [1.54, 1.807) is 0 Å². The summed E-state index contributed by atoms with van der Waals surface area (Å²) in [4.78, 5) is 11.8. The van der Waals surface area contributed by atoms with Crippen LogP contribution >= 0.6 is 0 Å². The number of carbonyl (C=O) groups is 1. The highest BCUT2D eigenvalue weighted by atomic mass is 19.1. The van der Waals surface area contributed by atoms with Crippen LogP contribution in [0.1, 0.15) is 10.5 Å². The van der Waals surface area contributed by atoms with E-state index in [0.717, 1.165) is 0 Å². The van der Waals surface area contributed by atoms with Gasteiger partial charge in [-0.15, -0.1) is 5.10 Å². The number of ether oxygens (including phenoxy) is 1. The number of benzene rings is 1. The van der Waals surface area contributed by atoms with E-state index in [9.17, 15) is 9.18 Å². The first-order valence-corrected chi connectivity index (χ1v) is 5.87. The first-order valence-electron chi connectivity index (χ1n) is 5.87. The smallest absolute Gasteiger partial charge is 0.361 e. The molecular weight excluding hydrogens is 279 g/mol. The molecule has 0 spiro atoms. The van der Waals surface area contributed by atoms with Crippen molar-refractivity contribution in [1.29, 1.82) is 0 Å². The zero-order chi connectivity index (χ0) is 14.8. The Hall–Kier alpha value is -3.10. The Bertz CT molecular complexity index is 766. The number of hydrogen-bond donors (Lipinski definition) is 1. The molecule has 2 aromatic heterocycles. The van der Waals surface area contributed by atoms with Gasteiger partial charge in [-0.2, -0.15) is 15.4 Å². The lowest BCUT2D eigenvalue weighted by Crippen LogP contribution is -2.06. The quantitative estimate of drug-likeness (QED) is 0.721. The molecule has 0 amide bonds. The van der Waals surface area contributed by atoms with Crippen LogP contribution in [0.15, 0.2) is 30.5 Å². The number of H-pyrrole nitrogens is 1. The van der Waals surface area contributed by atoms with Crippen molar-refractivity contribution in [3.05, 3.63) is 42.0 Å². The van der Waals surface area contributed by atoms with Crippen LogP contribution in [0.4, 0.5) is 4.39 Å². The Labute approximate surface area is 117 Å². The van der Waals surface area contributed by atoms with Gasteiger partial charge in [0.15, 0.2) is 0 Å². The number of aromatic amines is 1. The number of aromatic nitrogens is 6. The SMILES string of the molecule is COC(=O)c1nnn(-c2ccc(F)cc2)c1-c1cn[nH]n1. The number of rotatable bonds is 3. The number of halogens is 1. The summed E-state index contributed by atoms with van der Waals surface area (Å²) in [7, 11) is 1.24. The molecule has 8 nitrogen and oxygen atoms in total. The molecule has 1 aromatic carbocycles. The van der Waals surface area contributed by atoms with Crippen LogP contribution < -0.4 is 0 Å². The van der Waals surface area contributed by atoms with Crippen LogP contribution in [-0.4, -0.2) is 43.5 Å². The summed E-state index contributed by atoms with van der Waals surface area (Å²) in [6, 6.07) is 5.58. The monoisotopic (exact) mass is 288 g/mol. The lowest BCUT2D eigenvalue weighted by molar-refractivity contribution is 0.0595. The van der Waals surface area contributed by atoms with E-state index in [1.807, 2.05) is 0 Å². The molecule has 106 valence electrons. The summed E-state index contributed by atoms with van der Waals surface area (Å²) in [5.41, 5.74) is 1.19. The first kappa shape index (κ1) is 12.9. The third-order valence-corrected chi connectivity index (χ3v) is 2.78. The van der Waals surface area contributed by atoms with E-state index in [2.05, 4.69) is 30.5 Å². The number of carbonyl (C=O) groups excluding carboxylic acids is 1. The second-order valence-corrected chi connectivity index (χ2v) is 4.02. The number of nitrogens with one attached hydrogen (secondary N) is 1. The summed E-state index contributed by atoms with van der Waals surface area (Å²) in [5.74, 6) is -1.03. The van der Waals surface area contributed by atoms with E-state index >= 15 is 0 Å². The van der Waals surface area contributed by atoms with Crippen LogP contribution in [0.3, 0.4) is 0 Å². The minimum absolute atomic E-state index is 0.00396. The first-order chi connectivity index (χ1) is 10.2. The highest BCUT2D eigenvalue weighted by molar-refractivity contribution is 5.93. The predicted octanol–water partition coefficient (Wildman–Crippen LogP) is 0.978. The van der Waals surface area contributed by atoms with Crippen LogP contribution in [0.2, 0.25) is 0 Å². The molecule has 2 heterocycles. The van der Waals surface area contributed by atoms with Gasteiger partial charge in [-0.3, -0.25) is 0 Å². The highest BCUT2D eigenvalue weighted by Crippen LogP contribution is 2.23. The van der Waals surface area contributed by atoms with Gasteiger partial charge in [-0.05, 0) is 24.3 Å². The van der Waals surface area contributed by atoms with Crippen molar-refractivity contribution in [2.45, 2.75) is 0 Å². The molecule has 0 aliphatic rings. The molecular formula is C12H9FN6O2. The topological polar surface area (TPSA) is 98.6 Å². The zero-order valence-electron chi connectivity index (χ0n) is 10.8. The van der Waals surface area contributed by atoms with E-state index in [4.69, 9.17) is 0 Å². The number of esters is 1. The highest BCUT2D eigenvalue weighted by Gasteiger charge is 2.24. The van der Waals surface area contributed by atoms with Gasteiger partial charge < -0.3 is 4.74 Å². The molecule has 3 rings (SSSR count). The van der Waals surface area contributed by atoms with Crippen molar-refractivity contribution in [3.63, 3.8) is 0 Å². The van der Waals surface area contributed by atoms with E-state index in [-0.39, 0.29) is 11.5 Å². The van der Waals surface area contributed by atoms with E-state index < -0.39 is 5.97 Å². The number of nitrogens with zero attached hydrogens (tertiary/aromatic N) is 5. The largest absolute Gasteiger partial charge is 0.464 e. The Balaban J connectivity index is 2.19. The maximum atomic E-state index is 13.0. The van der Waals surface area contributed by atoms with Crippen molar-refractivity contribution >= 4 is 5.97 Å². The normalized spacial score (nSPS) is 10.6. The molecule has 1 N–H and O–H groups in total. The zero-order valence-corrected chi connectivity index (χ0v) is 10.8. The van der Waals surface area contributed by atoms with Crippen LogP contribution in [0.5, 0.6) is 0 Å². The molecule has 0 atom stereocenters. The average Bonchev–Trinajstić information content (AvgIpc) is 3.15. The maximum absolute atomic E-state index is 13.0. The molecule has 9 heteroatoms. The predicted molar refractivity (Wildman–Crippen MR) is 68.0 cm³/mol. The fraction of sp³-hybridized carbons (Fsp3) is 0.0833. The van der Waals surface area contributed by atoms with Gasteiger partial charge >= 0.3 is 5.97 Å². The molecule has 0 radical (unpaired) electrons. The third-order valence-electron chi connectivity index (χ3n) is 2.78. The van der Waals surface area contributed by atoms with Gasteiger partial charge in [0.1, 0.15) is 17.2 Å². The Morgan fingerprint density at radius 1 is 1.33 bits per heavy atom. The lowest BCUT2D eigenvalue weighted by atomic mass is 10.2. The summed E-state index contributed by atoms with van der Waals surface area (Å²) in [6.45, 7) is 0. The average molecular weight is 288 g/mol. The molecule has 0 fully saturated rings. The van der Waals surface area contributed by atoms with Crippen molar-refractivity contribution in [2.24, 2.45) is 0 Å². The minimum Gasteiger partial charge on any atom is -0.464 e. The standard InChI is InChI=1S/C12H9FN6O2/c1-21-12(20)10-11(9-6-14-17-15-9)19(18-16-10)8-4-2-7(13)3-5-8/h2-6H,1H3,(H,14,15,17). The van der Waals surface area contributed by atoms with Gasteiger partial charge in [0, 0.05) is 0 Å². The number of methoxy groups -OCH3 is 1. The Kier molecular flexibility index (Phi) is 3.14. The van der Waals surface area contributed by atoms with Gasteiger partial charge in [0.05, 0.1) is 19.0 Å². The number of hydrogen-bond acceptors (Lipinski definition) is 6. The second-order valence-electron chi connectivity index (χ2n) is 4.02. The molecule has 21 heavy (non-hydrogen) atoms. The molecule has 0 saturated heterocycles. The van der Waals surface area contributed by atoms with Crippen molar-refractivity contribution in [3.8, 4) is 17.1 Å². The van der Waals surface area contributed by atoms with E-state index in [1.165, 1.54) is 42.3 Å². The summed E-state index contributed by atoms with van der Waals surface area (Å²) < 4.78 is 19.1. The fourth-order valence-electron chi connectivity index (χ4n) is 1.82. The summed E-state index contributed by atoms with van der Waals surface area (Å²) in [6.07, 6.45) is 1.42. The molecule has 3 aromatic rings. The summed E-state index contributed by atoms with van der Waals surface area (Å²) >= 11 is 0. The molecule has 0 bridgehead atoms. The van der Waals surface area contributed by atoms with Crippen molar-refractivity contribution in [2.75, 3.05) is 7.11 Å². The van der Waals surface area contributed by atoms with E-state index in [0.29, 0.717) is 17.1 Å². The van der Waals surface area contributed by atoms with Crippen molar-refractivity contribution in [1.82, 2.24) is 30.4 Å². The molecule has 0 aliphatic carbocycles. The Morgan fingerprint density at radius 2 is 2.10 bits per heavy atom. The third kappa shape index (κ3) is 2.24. The molecule has 0 aliphatic heterocycles. The van der Waals surface area contributed by atoms with Crippen LogP contribution in [-0.2, 0) is 4.74 Å². The molecule has 0 unspecified atom stereocenters.